The molecule has 0 bridgehead atoms. The van der Waals surface area contributed by atoms with Crippen LogP contribution in [0.2, 0.25) is 0 Å². The number of pyridine rings is 1. The maximum absolute atomic E-state index is 13.5. The van der Waals surface area contributed by atoms with Crippen LogP contribution in [0.1, 0.15) is 43.5 Å². The molecule has 0 aliphatic carbocycles. The van der Waals surface area contributed by atoms with Gasteiger partial charge in [-0.05, 0) is 57.5 Å². The Morgan fingerprint density at radius 2 is 1.70 bits per heavy atom. The zero-order chi connectivity index (χ0) is 24.0. The van der Waals surface area contributed by atoms with Gasteiger partial charge in [0.15, 0.2) is 0 Å². The number of aryl methyl sites for hydroxylation is 1. The molecule has 33 heavy (non-hydrogen) atoms. The summed E-state index contributed by atoms with van der Waals surface area (Å²) >= 11 is 0. The lowest BCUT2D eigenvalue weighted by molar-refractivity contribution is -0.137. The van der Waals surface area contributed by atoms with Crippen LogP contribution < -0.4 is 5.32 Å². The third-order valence-corrected chi connectivity index (χ3v) is 6.53. The van der Waals surface area contributed by atoms with Crippen LogP contribution >= 0.6 is 0 Å². The Morgan fingerprint density at radius 3 is 2.33 bits per heavy atom. The predicted molar refractivity (Wildman–Crippen MR) is 124 cm³/mol. The topological polar surface area (TPSA) is 45.2 Å². The van der Waals surface area contributed by atoms with Gasteiger partial charge in [-0.25, -0.2) is 0 Å². The smallest absolute Gasteiger partial charge is 0.325 e. The van der Waals surface area contributed by atoms with Crippen molar-refractivity contribution in [3.05, 3.63) is 71.5 Å². The van der Waals surface area contributed by atoms with Gasteiger partial charge in [0.2, 0.25) is 5.91 Å². The highest BCUT2D eigenvalue weighted by Crippen LogP contribution is 2.38. The van der Waals surface area contributed by atoms with E-state index >= 15 is 0 Å². The fraction of sp³-hybridized carbons (Fsp3) is 0.385. The third-order valence-electron chi connectivity index (χ3n) is 6.53. The monoisotopic (exact) mass is 455 g/mol. The fourth-order valence-corrected chi connectivity index (χ4v) is 4.56. The number of carbonyl (C=O) groups excluding carboxylic acids is 1. The number of benzene rings is 2. The van der Waals surface area contributed by atoms with Crippen LogP contribution in [0.4, 0.5) is 18.9 Å². The van der Waals surface area contributed by atoms with E-state index in [1.807, 2.05) is 31.2 Å². The molecule has 1 N–H and O–H groups in total. The second kappa shape index (κ2) is 8.45. The van der Waals surface area contributed by atoms with Gasteiger partial charge in [0, 0.05) is 52.9 Å². The number of amides is 1. The fourth-order valence-electron chi connectivity index (χ4n) is 4.56. The number of hydrogen-bond donors (Lipinski definition) is 1. The van der Waals surface area contributed by atoms with Crippen molar-refractivity contribution in [2.75, 3.05) is 18.4 Å². The van der Waals surface area contributed by atoms with Crippen molar-refractivity contribution in [3.8, 4) is 0 Å². The van der Waals surface area contributed by atoms with Crippen molar-refractivity contribution in [1.29, 1.82) is 0 Å². The minimum Gasteiger partial charge on any atom is -0.325 e. The molecule has 4 rings (SSSR count). The van der Waals surface area contributed by atoms with E-state index in [4.69, 9.17) is 0 Å². The highest BCUT2D eigenvalue weighted by atomic mass is 19.4. The van der Waals surface area contributed by atoms with Crippen molar-refractivity contribution >= 4 is 22.4 Å². The molecule has 2 heterocycles. The number of likely N-dealkylation sites (tertiary alicyclic amines) is 1. The minimum atomic E-state index is -4.39. The molecule has 4 nitrogen and oxygen atoms in total. The van der Waals surface area contributed by atoms with Gasteiger partial charge in [0.25, 0.3) is 0 Å². The van der Waals surface area contributed by atoms with Gasteiger partial charge in [-0.15, -0.1) is 0 Å². The van der Waals surface area contributed by atoms with E-state index in [9.17, 15) is 18.0 Å². The molecule has 2 atom stereocenters. The molecule has 2 aromatic carbocycles. The molecule has 0 saturated carbocycles. The quantitative estimate of drug-likeness (QED) is 0.526. The highest BCUT2D eigenvalue weighted by molar-refractivity contribution is 6.03. The van der Waals surface area contributed by atoms with Crippen LogP contribution in [-0.4, -0.2) is 34.4 Å². The summed E-state index contributed by atoms with van der Waals surface area (Å²) in [7, 11) is 0. The summed E-state index contributed by atoms with van der Waals surface area (Å²) in [6.45, 7) is 9.30. The van der Waals surface area contributed by atoms with Crippen molar-refractivity contribution < 1.29 is 18.0 Å². The standard InChI is InChI=1S/C26H28F3N3O/c1-16-19-6-5-7-23(20(19)12-13-30-16)31-24(33)22-15-32(25(2,3)4)14-21(22)17-8-10-18(11-9-17)26(27,28)29/h5-13,21-22H,14-15H2,1-4H3,(H,31,33)/t21-,22+/m1/s1. The van der Waals surface area contributed by atoms with E-state index in [0.717, 1.165) is 34.2 Å². The Morgan fingerprint density at radius 1 is 1.00 bits per heavy atom. The number of fused-ring (bicyclic) bond motifs is 1. The molecule has 1 aromatic heterocycles. The third kappa shape index (κ3) is 4.74. The van der Waals surface area contributed by atoms with Gasteiger partial charge in [-0.3, -0.25) is 14.7 Å². The second-order valence-electron chi connectivity index (χ2n) is 9.69. The summed E-state index contributed by atoms with van der Waals surface area (Å²) in [5, 5.41) is 4.97. The number of rotatable bonds is 3. The lowest BCUT2D eigenvalue weighted by Crippen LogP contribution is -2.40. The van der Waals surface area contributed by atoms with E-state index in [1.165, 1.54) is 12.1 Å². The second-order valence-corrected chi connectivity index (χ2v) is 9.69. The molecule has 1 amide bonds. The molecule has 0 spiro atoms. The molecule has 174 valence electrons. The molecular weight excluding hydrogens is 427 g/mol. The zero-order valence-electron chi connectivity index (χ0n) is 19.2. The van der Waals surface area contributed by atoms with Crippen LogP contribution in [0.5, 0.6) is 0 Å². The van der Waals surface area contributed by atoms with Crippen molar-refractivity contribution in [2.45, 2.75) is 45.3 Å². The lowest BCUT2D eigenvalue weighted by atomic mass is 9.87. The van der Waals surface area contributed by atoms with E-state index in [0.29, 0.717) is 18.8 Å². The highest BCUT2D eigenvalue weighted by Gasteiger charge is 2.42. The predicted octanol–water partition coefficient (Wildman–Crippen LogP) is 6.01. The molecule has 0 radical (unpaired) electrons. The average molecular weight is 456 g/mol. The first kappa shape index (κ1) is 23.2. The number of nitrogens with zero attached hydrogens (tertiary/aromatic N) is 2. The number of halogens is 3. The first-order valence-corrected chi connectivity index (χ1v) is 11.0. The average Bonchev–Trinajstić information content (AvgIpc) is 3.20. The Kier molecular flexibility index (Phi) is 5.95. The molecule has 0 unspecified atom stereocenters. The van der Waals surface area contributed by atoms with Gasteiger partial charge < -0.3 is 5.32 Å². The number of alkyl halides is 3. The summed E-state index contributed by atoms with van der Waals surface area (Å²) in [5.41, 5.74) is 1.49. The summed E-state index contributed by atoms with van der Waals surface area (Å²) in [6.07, 6.45) is -2.67. The minimum absolute atomic E-state index is 0.131. The number of nitrogens with one attached hydrogen (secondary N) is 1. The number of anilines is 1. The normalized spacial score (nSPS) is 19.7. The number of aromatic nitrogens is 1. The van der Waals surface area contributed by atoms with Gasteiger partial charge in [0.1, 0.15) is 0 Å². The number of carbonyl (C=O) groups is 1. The van der Waals surface area contributed by atoms with Crippen molar-refractivity contribution in [3.63, 3.8) is 0 Å². The summed E-state index contributed by atoms with van der Waals surface area (Å²) < 4.78 is 39.1. The maximum Gasteiger partial charge on any atom is 0.416 e. The van der Waals surface area contributed by atoms with Gasteiger partial charge in [0.05, 0.1) is 11.5 Å². The molecule has 3 aromatic rings. The van der Waals surface area contributed by atoms with Crippen LogP contribution in [0.3, 0.4) is 0 Å². The first-order valence-electron chi connectivity index (χ1n) is 11.0. The van der Waals surface area contributed by atoms with Gasteiger partial charge in [-0.1, -0.05) is 24.3 Å². The van der Waals surface area contributed by atoms with E-state index < -0.39 is 11.7 Å². The Labute approximate surface area is 191 Å². The molecular formula is C26H28F3N3O. The Balaban J connectivity index is 1.65. The summed E-state index contributed by atoms with van der Waals surface area (Å²) in [4.78, 5) is 20.0. The molecule has 1 aliphatic heterocycles. The SMILES string of the molecule is Cc1nccc2c(NC(=O)[C@H]3CN(C(C)(C)C)C[C@@H]3c3ccc(C(F)(F)F)cc3)cccc12. The van der Waals surface area contributed by atoms with Crippen molar-refractivity contribution in [1.82, 2.24) is 9.88 Å². The lowest BCUT2D eigenvalue weighted by Gasteiger charge is -2.31. The van der Waals surface area contributed by atoms with Crippen LogP contribution in [0.25, 0.3) is 10.8 Å². The Bertz CT molecular complexity index is 1170. The number of hydrogen-bond acceptors (Lipinski definition) is 3. The zero-order valence-corrected chi connectivity index (χ0v) is 19.2. The molecule has 7 heteroatoms. The Hall–Kier alpha value is -2.93. The van der Waals surface area contributed by atoms with Crippen LogP contribution in [-0.2, 0) is 11.0 Å². The largest absolute Gasteiger partial charge is 0.416 e. The van der Waals surface area contributed by atoms with Gasteiger partial charge >= 0.3 is 6.18 Å². The molecule has 1 fully saturated rings. The molecule has 1 saturated heterocycles. The maximum atomic E-state index is 13.5. The summed E-state index contributed by atoms with van der Waals surface area (Å²) in [5.74, 6) is -0.724. The van der Waals surface area contributed by atoms with Gasteiger partial charge in [-0.2, -0.15) is 13.2 Å². The van der Waals surface area contributed by atoms with Crippen LogP contribution in [0.15, 0.2) is 54.7 Å². The van der Waals surface area contributed by atoms with E-state index in [-0.39, 0.29) is 23.3 Å². The van der Waals surface area contributed by atoms with E-state index in [2.05, 4.69) is 36.0 Å². The van der Waals surface area contributed by atoms with Crippen LogP contribution in [0, 0.1) is 12.8 Å². The van der Waals surface area contributed by atoms with E-state index in [1.54, 1.807) is 6.20 Å². The van der Waals surface area contributed by atoms with Crippen molar-refractivity contribution in [2.24, 2.45) is 5.92 Å². The first-order chi connectivity index (χ1) is 15.4. The summed E-state index contributed by atoms with van der Waals surface area (Å²) in [6, 6.07) is 12.8. The molecule has 1 aliphatic rings.